The first kappa shape index (κ1) is 23.8. The van der Waals surface area contributed by atoms with E-state index in [-0.39, 0.29) is 10.9 Å². The molecule has 0 heterocycles. The second-order valence-corrected chi connectivity index (χ2v) is 13.0. The maximum Gasteiger partial charge on any atom is 0.328 e. The Bertz CT molecular complexity index is 696. The maximum absolute atomic E-state index is 12.5. The molecule has 2 N–H and O–H groups in total. The summed E-state index contributed by atoms with van der Waals surface area (Å²) >= 11 is 0. The van der Waals surface area contributed by atoms with E-state index < -0.39 is 26.2 Å². The topological polar surface area (TPSA) is 93.7 Å². The Morgan fingerprint density at radius 1 is 1.11 bits per heavy atom. The smallest absolute Gasteiger partial charge is 0.328 e. The molecule has 28 heavy (non-hydrogen) atoms. The van der Waals surface area contributed by atoms with E-state index in [2.05, 4.69) is 44.5 Å². The Morgan fingerprint density at radius 2 is 1.68 bits per heavy atom. The van der Waals surface area contributed by atoms with Crippen LogP contribution in [0.25, 0.3) is 0 Å². The van der Waals surface area contributed by atoms with Gasteiger partial charge in [0.05, 0.1) is 7.11 Å². The number of benzene rings is 1. The van der Waals surface area contributed by atoms with Crippen molar-refractivity contribution in [3.05, 3.63) is 29.8 Å². The van der Waals surface area contributed by atoms with E-state index in [1.54, 1.807) is 24.3 Å². The molecule has 0 aliphatic heterocycles. The summed E-state index contributed by atoms with van der Waals surface area (Å²) < 4.78 is 10.9. The summed E-state index contributed by atoms with van der Waals surface area (Å²) in [4.78, 5) is 35.6. The highest BCUT2D eigenvalue weighted by Crippen LogP contribution is 2.36. The summed E-state index contributed by atoms with van der Waals surface area (Å²) in [5, 5.41) is 5.40. The molecule has 0 aliphatic rings. The van der Waals surface area contributed by atoms with E-state index in [1.807, 2.05) is 0 Å². The van der Waals surface area contributed by atoms with Crippen LogP contribution >= 0.6 is 0 Å². The largest absolute Gasteiger partial charge is 0.467 e. The first-order valence-electron chi connectivity index (χ1n) is 9.27. The van der Waals surface area contributed by atoms with Crippen LogP contribution < -0.4 is 10.6 Å². The Hall–Kier alpha value is -2.19. The minimum atomic E-state index is -1.94. The molecule has 0 fully saturated rings. The molecule has 1 rings (SSSR count). The Kier molecular flexibility index (Phi) is 8.38. The van der Waals surface area contributed by atoms with Crippen LogP contribution in [0.5, 0.6) is 0 Å². The molecule has 0 unspecified atom stereocenters. The predicted molar refractivity (Wildman–Crippen MR) is 112 cm³/mol. The lowest BCUT2D eigenvalue weighted by atomic mass is 10.1. The molecule has 1 aromatic rings. The highest BCUT2D eigenvalue weighted by atomic mass is 28.4. The van der Waals surface area contributed by atoms with Crippen molar-refractivity contribution in [2.45, 2.75) is 58.3 Å². The number of methoxy groups -OCH3 is 1. The fourth-order valence-corrected chi connectivity index (χ4v) is 3.25. The molecule has 0 aromatic heterocycles. The van der Waals surface area contributed by atoms with E-state index in [0.717, 1.165) is 0 Å². The molecule has 0 saturated heterocycles. The first-order valence-corrected chi connectivity index (χ1v) is 12.2. The Balaban J connectivity index is 2.74. The molecule has 1 atom stereocenters. The second kappa shape index (κ2) is 9.84. The summed E-state index contributed by atoms with van der Waals surface area (Å²) in [6, 6.07) is 5.63. The van der Waals surface area contributed by atoms with E-state index in [0.29, 0.717) is 24.3 Å². The number of esters is 1. The Morgan fingerprint density at radius 3 is 2.14 bits per heavy atom. The SMILES string of the molecule is COC(=O)[C@@H](CCO[Si](C)(C)C(C)(C)C)NC(=O)c1ccc(NC(C)=O)cc1. The third-order valence-corrected chi connectivity index (χ3v) is 9.47. The minimum Gasteiger partial charge on any atom is -0.467 e. The van der Waals surface area contributed by atoms with Gasteiger partial charge in [0.1, 0.15) is 6.04 Å². The van der Waals surface area contributed by atoms with Crippen molar-refractivity contribution in [1.82, 2.24) is 5.32 Å². The van der Waals surface area contributed by atoms with Crippen molar-refractivity contribution in [2.75, 3.05) is 19.0 Å². The molecule has 0 aliphatic carbocycles. The van der Waals surface area contributed by atoms with Gasteiger partial charge in [-0.25, -0.2) is 4.79 Å². The fourth-order valence-electron chi connectivity index (χ4n) is 2.19. The summed E-state index contributed by atoms with van der Waals surface area (Å²) in [7, 11) is -0.650. The third kappa shape index (κ3) is 7.08. The summed E-state index contributed by atoms with van der Waals surface area (Å²) in [6.45, 7) is 12.5. The number of ether oxygens (including phenoxy) is 1. The molecule has 2 amide bonds. The lowest BCUT2D eigenvalue weighted by Gasteiger charge is -2.36. The van der Waals surface area contributed by atoms with Crippen LogP contribution in [0.4, 0.5) is 5.69 Å². The average molecular weight is 409 g/mol. The quantitative estimate of drug-likeness (QED) is 0.508. The first-order chi connectivity index (χ1) is 12.9. The number of rotatable bonds is 8. The van der Waals surface area contributed by atoms with Crippen LogP contribution in [-0.4, -0.2) is 45.9 Å². The zero-order valence-corrected chi connectivity index (χ0v) is 18.8. The predicted octanol–water partition coefficient (Wildman–Crippen LogP) is 3.33. The van der Waals surface area contributed by atoms with Gasteiger partial charge in [-0.05, 0) is 42.4 Å². The van der Waals surface area contributed by atoms with Gasteiger partial charge in [-0.15, -0.1) is 0 Å². The van der Waals surface area contributed by atoms with Crippen LogP contribution in [0.2, 0.25) is 18.1 Å². The molecule has 0 saturated carbocycles. The van der Waals surface area contributed by atoms with Crippen LogP contribution in [0.3, 0.4) is 0 Å². The van der Waals surface area contributed by atoms with Crippen LogP contribution in [0, 0.1) is 0 Å². The number of nitrogens with one attached hydrogen (secondary N) is 2. The molecular formula is C20H32N2O5Si. The van der Waals surface area contributed by atoms with Gasteiger partial charge in [0.15, 0.2) is 8.32 Å². The van der Waals surface area contributed by atoms with Gasteiger partial charge in [-0.2, -0.15) is 0 Å². The molecule has 156 valence electrons. The van der Waals surface area contributed by atoms with E-state index >= 15 is 0 Å². The van der Waals surface area contributed by atoms with E-state index in [1.165, 1.54) is 14.0 Å². The number of carbonyl (C=O) groups is 3. The zero-order valence-electron chi connectivity index (χ0n) is 17.8. The van der Waals surface area contributed by atoms with E-state index in [4.69, 9.17) is 9.16 Å². The normalized spacial score (nSPS) is 12.8. The lowest BCUT2D eigenvalue weighted by Crippen LogP contribution is -2.45. The number of amides is 2. The third-order valence-electron chi connectivity index (χ3n) is 4.93. The van der Waals surface area contributed by atoms with Gasteiger partial charge in [0.25, 0.3) is 5.91 Å². The van der Waals surface area contributed by atoms with Gasteiger partial charge in [-0.1, -0.05) is 20.8 Å². The molecule has 1 aromatic carbocycles. The monoisotopic (exact) mass is 408 g/mol. The molecule has 0 bridgehead atoms. The van der Waals surface area contributed by atoms with Gasteiger partial charge >= 0.3 is 5.97 Å². The summed E-state index contributed by atoms with van der Waals surface area (Å²) in [5.41, 5.74) is 0.977. The van der Waals surface area contributed by atoms with Crippen molar-refractivity contribution in [3.8, 4) is 0 Å². The number of hydrogen-bond donors (Lipinski definition) is 2. The summed E-state index contributed by atoms with van der Waals surface area (Å²) in [6.07, 6.45) is 0.328. The van der Waals surface area contributed by atoms with Crippen molar-refractivity contribution in [1.29, 1.82) is 0 Å². The molecule has 8 heteroatoms. The molecular weight excluding hydrogens is 376 g/mol. The highest BCUT2D eigenvalue weighted by molar-refractivity contribution is 6.74. The van der Waals surface area contributed by atoms with Crippen LogP contribution in [0.15, 0.2) is 24.3 Å². The molecule has 0 radical (unpaired) electrons. The average Bonchev–Trinajstić information content (AvgIpc) is 2.59. The van der Waals surface area contributed by atoms with Crippen molar-refractivity contribution < 1.29 is 23.5 Å². The maximum atomic E-state index is 12.5. The van der Waals surface area contributed by atoms with Crippen LogP contribution in [0.1, 0.15) is 44.5 Å². The number of carbonyl (C=O) groups excluding carboxylic acids is 3. The van der Waals surface area contributed by atoms with Gasteiger partial charge in [-0.3, -0.25) is 9.59 Å². The lowest BCUT2D eigenvalue weighted by molar-refractivity contribution is -0.143. The van der Waals surface area contributed by atoms with Gasteiger partial charge < -0.3 is 19.8 Å². The molecule has 0 spiro atoms. The van der Waals surface area contributed by atoms with E-state index in [9.17, 15) is 14.4 Å². The number of hydrogen-bond acceptors (Lipinski definition) is 5. The summed E-state index contributed by atoms with van der Waals surface area (Å²) in [5.74, 6) is -1.09. The molecule has 7 nitrogen and oxygen atoms in total. The van der Waals surface area contributed by atoms with Gasteiger partial charge in [0.2, 0.25) is 5.91 Å². The van der Waals surface area contributed by atoms with Crippen molar-refractivity contribution in [2.24, 2.45) is 0 Å². The van der Waals surface area contributed by atoms with Crippen molar-refractivity contribution >= 4 is 31.8 Å². The van der Waals surface area contributed by atoms with Crippen molar-refractivity contribution in [3.63, 3.8) is 0 Å². The highest BCUT2D eigenvalue weighted by Gasteiger charge is 2.37. The number of anilines is 1. The fraction of sp³-hybridized carbons (Fsp3) is 0.550. The Labute approximate surface area is 168 Å². The minimum absolute atomic E-state index is 0.0622. The zero-order chi connectivity index (χ0) is 21.5. The second-order valence-electron chi connectivity index (χ2n) is 8.21. The van der Waals surface area contributed by atoms with Gasteiger partial charge in [0, 0.05) is 31.2 Å². The standard InChI is InChI=1S/C20H32N2O5Si/c1-14(23)21-16-10-8-15(9-11-16)18(24)22-17(19(25)26-5)12-13-27-28(6,7)20(2,3)4/h8-11,17H,12-13H2,1-7H3,(H,21,23)(H,22,24)/t17-/m1/s1. The van der Waals surface area contributed by atoms with Crippen LogP contribution in [-0.2, 0) is 18.8 Å².